The molecule has 3 rings (SSSR count). The number of rotatable bonds is 5. The van der Waals surface area contributed by atoms with Gasteiger partial charge in [0.2, 0.25) is 5.91 Å². The monoisotopic (exact) mass is 306 g/mol. The SMILES string of the molecule is CC(Sc1nncn1C1CC1)C(=O)Nc1cccc(F)c1. The third kappa shape index (κ3) is 3.41. The van der Waals surface area contributed by atoms with Crippen LogP contribution in [0.15, 0.2) is 35.7 Å². The predicted octanol–water partition coefficient (Wildman–Crippen LogP) is 2.87. The highest BCUT2D eigenvalue weighted by molar-refractivity contribution is 8.00. The van der Waals surface area contributed by atoms with Crippen LogP contribution in [-0.4, -0.2) is 25.9 Å². The van der Waals surface area contributed by atoms with Gasteiger partial charge in [-0.1, -0.05) is 17.8 Å². The molecule has 1 aliphatic carbocycles. The van der Waals surface area contributed by atoms with E-state index in [9.17, 15) is 9.18 Å². The van der Waals surface area contributed by atoms with E-state index < -0.39 is 0 Å². The zero-order valence-electron chi connectivity index (χ0n) is 11.5. The van der Waals surface area contributed by atoms with Gasteiger partial charge in [-0.25, -0.2) is 4.39 Å². The van der Waals surface area contributed by atoms with Crippen molar-refractivity contribution in [3.63, 3.8) is 0 Å². The lowest BCUT2D eigenvalue weighted by Crippen LogP contribution is -2.22. The number of thioether (sulfide) groups is 1. The molecule has 1 amide bonds. The van der Waals surface area contributed by atoms with E-state index in [4.69, 9.17) is 0 Å². The number of amides is 1. The van der Waals surface area contributed by atoms with Crippen molar-refractivity contribution in [1.29, 1.82) is 0 Å². The van der Waals surface area contributed by atoms with Gasteiger partial charge < -0.3 is 9.88 Å². The third-order valence-electron chi connectivity index (χ3n) is 3.22. The van der Waals surface area contributed by atoms with Crippen LogP contribution in [0.4, 0.5) is 10.1 Å². The maximum atomic E-state index is 13.1. The molecule has 1 fully saturated rings. The Hall–Kier alpha value is -1.89. The molecule has 1 atom stereocenters. The predicted molar refractivity (Wildman–Crippen MR) is 78.6 cm³/mol. The Labute approximate surface area is 125 Å². The molecule has 2 aromatic rings. The van der Waals surface area contributed by atoms with E-state index in [1.165, 1.54) is 23.9 Å². The number of carbonyl (C=O) groups is 1. The van der Waals surface area contributed by atoms with Gasteiger partial charge in [0.25, 0.3) is 0 Å². The standard InChI is InChI=1S/C14H15FN4OS/c1-9(13(20)17-11-4-2-3-10(15)7-11)21-14-18-16-8-19(14)12-5-6-12/h2-4,7-9,12H,5-6H2,1H3,(H,17,20). The zero-order chi connectivity index (χ0) is 14.8. The summed E-state index contributed by atoms with van der Waals surface area (Å²) in [5.74, 6) is -0.558. The molecule has 7 heteroatoms. The van der Waals surface area contributed by atoms with Gasteiger partial charge in [0.05, 0.1) is 5.25 Å². The molecule has 0 saturated heterocycles. The van der Waals surface area contributed by atoms with Gasteiger partial charge >= 0.3 is 0 Å². The quantitative estimate of drug-likeness (QED) is 0.863. The van der Waals surface area contributed by atoms with Crippen LogP contribution in [-0.2, 0) is 4.79 Å². The highest BCUT2D eigenvalue weighted by atomic mass is 32.2. The van der Waals surface area contributed by atoms with Crippen LogP contribution in [0.25, 0.3) is 0 Å². The maximum Gasteiger partial charge on any atom is 0.237 e. The van der Waals surface area contributed by atoms with Gasteiger partial charge in [-0.3, -0.25) is 4.79 Å². The van der Waals surface area contributed by atoms with Crippen LogP contribution >= 0.6 is 11.8 Å². The summed E-state index contributed by atoms with van der Waals surface area (Å²) >= 11 is 1.36. The lowest BCUT2D eigenvalue weighted by molar-refractivity contribution is -0.115. The summed E-state index contributed by atoms with van der Waals surface area (Å²) in [6.07, 6.45) is 3.97. The van der Waals surface area contributed by atoms with Gasteiger partial charge in [-0.05, 0) is 38.0 Å². The van der Waals surface area contributed by atoms with Gasteiger partial charge in [0, 0.05) is 11.7 Å². The maximum absolute atomic E-state index is 13.1. The van der Waals surface area contributed by atoms with Crippen molar-refractivity contribution in [1.82, 2.24) is 14.8 Å². The topological polar surface area (TPSA) is 59.8 Å². The number of benzene rings is 1. The number of nitrogens with one attached hydrogen (secondary N) is 1. The summed E-state index contributed by atoms with van der Waals surface area (Å²) in [6, 6.07) is 6.33. The lowest BCUT2D eigenvalue weighted by Gasteiger charge is -2.12. The van der Waals surface area contributed by atoms with Crippen molar-refractivity contribution in [3.05, 3.63) is 36.4 Å². The first-order chi connectivity index (χ1) is 10.1. The van der Waals surface area contributed by atoms with E-state index in [0.717, 1.165) is 18.0 Å². The first-order valence-electron chi connectivity index (χ1n) is 6.76. The smallest absolute Gasteiger partial charge is 0.237 e. The molecule has 1 aromatic carbocycles. The van der Waals surface area contributed by atoms with Gasteiger partial charge in [-0.15, -0.1) is 10.2 Å². The highest BCUT2D eigenvalue weighted by Gasteiger charge is 2.27. The molecule has 0 aliphatic heterocycles. The number of aromatic nitrogens is 3. The van der Waals surface area contributed by atoms with E-state index >= 15 is 0 Å². The molecule has 21 heavy (non-hydrogen) atoms. The highest BCUT2D eigenvalue weighted by Crippen LogP contribution is 2.38. The summed E-state index contributed by atoms with van der Waals surface area (Å²) in [7, 11) is 0. The Morgan fingerprint density at radius 2 is 2.33 bits per heavy atom. The Bertz CT molecular complexity index is 656. The van der Waals surface area contributed by atoms with Crippen molar-refractivity contribution in [2.24, 2.45) is 0 Å². The number of anilines is 1. The molecular weight excluding hydrogens is 291 g/mol. The Balaban J connectivity index is 1.63. The van der Waals surface area contributed by atoms with Crippen LogP contribution in [0.3, 0.4) is 0 Å². The van der Waals surface area contributed by atoms with E-state index in [1.54, 1.807) is 25.4 Å². The van der Waals surface area contributed by atoms with Crippen LogP contribution in [0.5, 0.6) is 0 Å². The summed E-state index contributed by atoms with van der Waals surface area (Å²) in [6.45, 7) is 1.80. The molecule has 110 valence electrons. The minimum absolute atomic E-state index is 0.184. The van der Waals surface area contributed by atoms with Crippen molar-refractivity contribution < 1.29 is 9.18 Å². The van der Waals surface area contributed by atoms with E-state index in [1.807, 2.05) is 4.57 Å². The fraction of sp³-hybridized carbons (Fsp3) is 0.357. The van der Waals surface area contributed by atoms with Crippen molar-refractivity contribution >= 4 is 23.4 Å². The first-order valence-corrected chi connectivity index (χ1v) is 7.64. The number of hydrogen-bond donors (Lipinski definition) is 1. The zero-order valence-corrected chi connectivity index (χ0v) is 12.3. The van der Waals surface area contributed by atoms with Crippen LogP contribution in [0, 0.1) is 5.82 Å². The van der Waals surface area contributed by atoms with E-state index in [0.29, 0.717) is 11.7 Å². The normalized spacial score (nSPS) is 15.7. The molecule has 0 spiro atoms. The number of hydrogen-bond acceptors (Lipinski definition) is 4. The van der Waals surface area contributed by atoms with Crippen molar-refractivity contribution in [3.8, 4) is 0 Å². The third-order valence-corrected chi connectivity index (χ3v) is 4.29. The summed E-state index contributed by atoms with van der Waals surface area (Å²) in [4.78, 5) is 12.1. The van der Waals surface area contributed by atoms with Crippen LogP contribution in [0.1, 0.15) is 25.8 Å². The lowest BCUT2D eigenvalue weighted by atomic mass is 10.3. The molecule has 1 aromatic heterocycles. The van der Waals surface area contributed by atoms with Gasteiger partial charge in [0.15, 0.2) is 5.16 Å². The summed E-state index contributed by atoms with van der Waals surface area (Å²) in [5.41, 5.74) is 0.455. The Morgan fingerprint density at radius 3 is 3.05 bits per heavy atom. The summed E-state index contributed by atoms with van der Waals surface area (Å²) < 4.78 is 15.1. The molecule has 1 aliphatic rings. The van der Waals surface area contributed by atoms with Gasteiger partial charge in [-0.2, -0.15) is 0 Å². The average molecular weight is 306 g/mol. The largest absolute Gasteiger partial charge is 0.325 e. The molecule has 1 N–H and O–H groups in total. The molecule has 1 saturated carbocycles. The molecule has 0 radical (unpaired) electrons. The molecule has 0 bridgehead atoms. The van der Waals surface area contributed by atoms with E-state index in [-0.39, 0.29) is 17.0 Å². The van der Waals surface area contributed by atoms with Crippen molar-refractivity contribution in [2.45, 2.75) is 36.2 Å². The van der Waals surface area contributed by atoms with Crippen molar-refractivity contribution in [2.75, 3.05) is 5.32 Å². The minimum atomic E-state index is -0.374. The average Bonchev–Trinajstić information content (AvgIpc) is 3.19. The molecule has 5 nitrogen and oxygen atoms in total. The summed E-state index contributed by atoms with van der Waals surface area (Å²) in [5, 5.41) is 11.1. The fourth-order valence-electron chi connectivity index (χ4n) is 1.94. The van der Waals surface area contributed by atoms with Crippen LogP contribution in [0.2, 0.25) is 0 Å². The second kappa shape index (κ2) is 5.85. The molecule has 1 unspecified atom stereocenters. The molecular formula is C14H15FN4OS. The Morgan fingerprint density at radius 1 is 1.52 bits per heavy atom. The second-order valence-corrected chi connectivity index (χ2v) is 6.32. The number of halogens is 1. The molecule has 1 heterocycles. The first kappa shape index (κ1) is 14.1. The fourth-order valence-corrected chi connectivity index (χ4v) is 2.84. The van der Waals surface area contributed by atoms with Gasteiger partial charge in [0.1, 0.15) is 12.1 Å². The number of carbonyl (C=O) groups excluding carboxylic acids is 1. The minimum Gasteiger partial charge on any atom is -0.325 e. The second-order valence-electron chi connectivity index (χ2n) is 5.01. The van der Waals surface area contributed by atoms with Crippen LogP contribution < -0.4 is 5.32 Å². The number of nitrogens with zero attached hydrogens (tertiary/aromatic N) is 3. The Kier molecular flexibility index (Phi) is 3.92. The van der Waals surface area contributed by atoms with E-state index in [2.05, 4.69) is 15.5 Å².